The molecular weight excluding hydrogens is 172 g/mol. The van der Waals surface area contributed by atoms with Gasteiger partial charge in [0.1, 0.15) is 6.61 Å². The van der Waals surface area contributed by atoms with Gasteiger partial charge in [0.15, 0.2) is 0 Å². The number of carbonyl (C=O) groups excluding carboxylic acids is 2. The summed E-state index contributed by atoms with van der Waals surface area (Å²) < 4.78 is 4.59. The van der Waals surface area contributed by atoms with Crippen molar-refractivity contribution in [3.05, 3.63) is 0 Å². The maximum atomic E-state index is 11.2. The molecule has 0 saturated carbocycles. The Bertz CT molecular complexity index is 182. The molecule has 0 aromatic rings. The van der Waals surface area contributed by atoms with Gasteiger partial charge in [-0.2, -0.15) is 0 Å². The van der Waals surface area contributed by atoms with E-state index in [1.54, 1.807) is 7.05 Å². The van der Waals surface area contributed by atoms with Crippen LogP contribution in [0.15, 0.2) is 0 Å². The van der Waals surface area contributed by atoms with Crippen LogP contribution >= 0.6 is 0 Å². The summed E-state index contributed by atoms with van der Waals surface area (Å²) in [6.45, 7) is 2.53. The average Bonchev–Trinajstić information content (AvgIpc) is 2.13. The summed E-state index contributed by atoms with van der Waals surface area (Å²) >= 11 is 0. The molecule has 0 aliphatic carbocycles. The Morgan fingerprint density at radius 2 is 2.08 bits per heavy atom. The first-order valence-electron chi connectivity index (χ1n) is 4.11. The minimum atomic E-state index is -0.277. The van der Waals surface area contributed by atoms with E-state index in [0.717, 1.165) is 0 Å². The van der Waals surface area contributed by atoms with Gasteiger partial charge in [-0.15, -0.1) is 0 Å². The topological polar surface area (TPSA) is 58.6 Å². The molecule has 0 saturated heterocycles. The lowest BCUT2D eigenvalue weighted by atomic mass is 10.5. The summed E-state index contributed by atoms with van der Waals surface area (Å²) in [7, 11) is 3.12. The quantitative estimate of drug-likeness (QED) is 0.616. The van der Waals surface area contributed by atoms with Crippen LogP contribution in [0.2, 0.25) is 0 Å². The average molecular weight is 188 g/mol. The summed E-state index contributed by atoms with van der Waals surface area (Å²) in [5, 5.41) is 2.44. The van der Waals surface area contributed by atoms with Gasteiger partial charge < -0.3 is 15.0 Å². The molecule has 0 aromatic heterocycles. The molecular formula is C8H16N2O3. The highest BCUT2D eigenvalue weighted by Crippen LogP contribution is 1.81. The monoisotopic (exact) mass is 188 g/mol. The number of likely N-dealkylation sites (N-methyl/N-ethyl adjacent to an activating group) is 1. The van der Waals surface area contributed by atoms with Crippen LogP contribution in [-0.4, -0.2) is 50.6 Å². The molecule has 0 heterocycles. The van der Waals surface area contributed by atoms with Gasteiger partial charge in [0.05, 0.1) is 6.54 Å². The van der Waals surface area contributed by atoms with Crippen LogP contribution in [-0.2, 0) is 14.3 Å². The third-order valence-electron chi connectivity index (χ3n) is 1.61. The van der Waals surface area contributed by atoms with Crippen molar-refractivity contribution < 1.29 is 14.3 Å². The fraction of sp³-hybridized carbons (Fsp3) is 0.750. The van der Waals surface area contributed by atoms with E-state index in [2.05, 4.69) is 10.1 Å². The Kier molecular flexibility index (Phi) is 5.88. The minimum Gasteiger partial charge on any atom is -0.375 e. The predicted octanol–water partition coefficient (Wildman–Crippen LogP) is -0.773. The van der Waals surface area contributed by atoms with Crippen molar-refractivity contribution in [2.24, 2.45) is 0 Å². The first-order valence-corrected chi connectivity index (χ1v) is 4.11. The molecule has 0 rings (SSSR count). The van der Waals surface area contributed by atoms with E-state index >= 15 is 0 Å². The number of rotatable bonds is 5. The largest absolute Gasteiger partial charge is 0.375 e. The molecule has 5 nitrogen and oxygen atoms in total. The molecule has 0 unspecified atom stereocenters. The molecule has 0 radical (unpaired) electrons. The van der Waals surface area contributed by atoms with Crippen molar-refractivity contribution in [1.29, 1.82) is 0 Å². The number of nitrogens with zero attached hydrogens (tertiary/aromatic N) is 1. The van der Waals surface area contributed by atoms with E-state index in [1.807, 2.05) is 6.92 Å². The van der Waals surface area contributed by atoms with E-state index in [9.17, 15) is 9.59 Å². The van der Waals surface area contributed by atoms with E-state index in [4.69, 9.17) is 0 Å². The molecule has 13 heavy (non-hydrogen) atoms. The summed E-state index contributed by atoms with van der Waals surface area (Å²) in [6, 6.07) is 0. The number of hydrogen-bond acceptors (Lipinski definition) is 3. The van der Waals surface area contributed by atoms with Crippen molar-refractivity contribution in [3.63, 3.8) is 0 Å². The highest BCUT2D eigenvalue weighted by atomic mass is 16.5. The number of ether oxygens (including phenoxy) is 1. The predicted molar refractivity (Wildman–Crippen MR) is 48.2 cm³/mol. The SMILES string of the molecule is CCN(C)C(=O)CNC(=O)COC. The molecule has 2 amide bonds. The minimum absolute atomic E-state index is 0.0108. The Hall–Kier alpha value is -1.10. The summed E-state index contributed by atoms with van der Waals surface area (Å²) in [5.41, 5.74) is 0. The molecule has 5 heteroatoms. The zero-order valence-corrected chi connectivity index (χ0v) is 8.29. The van der Waals surface area contributed by atoms with Crippen molar-refractivity contribution in [3.8, 4) is 0 Å². The number of carbonyl (C=O) groups is 2. The van der Waals surface area contributed by atoms with Crippen LogP contribution in [0.25, 0.3) is 0 Å². The molecule has 0 aromatic carbocycles. The lowest BCUT2D eigenvalue weighted by Crippen LogP contribution is -2.39. The molecule has 0 spiro atoms. The zero-order valence-electron chi connectivity index (χ0n) is 8.29. The van der Waals surface area contributed by atoms with E-state index < -0.39 is 0 Å². The van der Waals surface area contributed by atoms with Crippen molar-refractivity contribution in [2.75, 3.05) is 33.9 Å². The normalized spacial score (nSPS) is 9.46. The van der Waals surface area contributed by atoms with Crippen molar-refractivity contribution in [2.45, 2.75) is 6.92 Å². The van der Waals surface area contributed by atoms with Gasteiger partial charge in [-0.25, -0.2) is 0 Å². The van der Waals surface area contributed by atoms with E-state index in [-0.39, 0.29) is 25.0 Å². The van der Waals surface area contributed by atoms with Gasteiger partial charge in [0, 0.05) is 20.7 Å². The maximum Gasteiger partial charge on any atom is 0.246 e. The Morgan fingerprint density at radius 1 is 1.46 bits per heavy atom. The Balaban J connectivity index is 3.63. The van der Waals surface area contributed by atoms with Crippen LogP contribution in [0.5, 0.6) is 0 Å². The third kappa shape index (κ3) is 5.19. The van der Waals surface area contributed by atoms with Gasteiger partial charge in [-0.05, 0) is 6.92 Å². The smallest absolute Gasteiger partial charge is 0.246 e. The van der Waals surface area contributed by atoms with E-state index in [0.29, 0.717) is 6.54 Å². The second-order valence-electron chi connectivity index (χ2n) is 2.62. The number of hydrogen-bond donors (Lipinski definition) is 1. The van der Waals surface area contributed by atoms with Gasteiger partial charge >= 0.3 is 0 Å². The van der Waals surface area contributed by atoms with Crippen LogP contribution in [0.3, 0.4) is 0 Å². The highest BCUT2D eigenvalue weighted by molar-refractivity contribution is 5.85. The van der Waals surface area contributed by atoms with Crippen LogP contribution in [0, 0.1) is 0 Å². The number of nitrogens with one attached hydrogen (secondary N) is 1. The second kappa shape index (κ2) is 6.42. The van der Waals surface area contributed by atoms with Gasteiger partial charge in [-0.1, -0.05) is 0 Å². The van der Waals surface area contributed by atoms with Crippen molar-refractivity contribution in [1.82, 2.24) is 10.2 Å². The lowest BCUT2D eigenvalue weighted by molar-refractivity contribution is -0.132. The maximum absolute atomic E-state index is 11.2. The first kappa shape index (κ1) is 11.9. The number of amides is 2. The van der Waals surface area contributed by atoms with Gasteiger partial charge in [0.25, 0.3) is 0 Å². The highest BCUT2D eigenvalue weighted by Gasteiger charge is 2.07. The molecule has 0 aliphatic heterocycles. The Morgan fingerprint density at radius 3 is 2.54 bits per heavy atom. The van der Waals surface area contributed by atoms with Gasteiger partial charge in [-0.3, -0.25) is 9.59 Å². The summed E-state index contributed by atoms with van der Waals surface area (Å²) in [5.74, 6) is -0.382. The zero-order chi connectivity index (χ0) is 10.3. The summed E-state index contributed by atoms with van der Waals surface area (Å²) in [4.78, 5) is 23.5. The molecule has 0 fully saturated rings. The van der Waals surface area contributed by atoms with Crippen LogP contribution < -0.4 is 5.32 Å². The van der Waals surface area contributed by atoms with E-state index in [1.165, 1.54) is 12.0 Å². The standard InChI is InChI=1S/C8H16N2O3/c1-4-10(2)8(12)5-9-7(11)6-13-3/h4-6H2,1-3H3,(H,9,11). The van der Waals surface area contributed by atoms with Crippen LogP contribution in [0.4, 0.5) is 0 Å². The fourth-order valence-corrected chi connectivity index (χ4v) is 0.668. The first-order chi connectivity index (χ1) is 6.11. The molecule has 76 valence electrons. The molecule has 0 aliphatic rings. The third-order valence-corrected chi connectivity index (χ3v) is 1.61. The molecule has 0 bridgehead atoms. The summed E-state index contributed by atoms with van der Waals surface area (Å²) in [6.07, 6.45) is 0. The molecule has 1 N–H and O–H groups in total. The second-order valence-corrected chi connectivity index (χ2v) is 2.62. The Labute approximate surface area is 78.0 Å². The lowest BCUT2D eigenvalue weighted by Gasteiger charge is -2.14. The molecule has 0 atom stereocenters. The van der Waals surface area contributed by atoms with Crippen molar-refractivity contribution >= 4 is 11.8 Å². The van der Waals surface area contributed by atoms with Gasteiger partial charge in [0.2, 0.25) is 11.8 Å². The number of methoxy groups -OCH3 is 1. The van der Waals surface area contributed by atoms with Crippen LogP contribution in [0.1, 0.15) is 6.92 Å². The fourth-order valence-electron chi connectivity index (χ4n) is 0.668.